The van der Waals surface area contributed by atoms with Crippen LogP contribution in [0.15, 0.2) is 4.13 Å². The summed E-state index contributed by atoms with van der Waals surface area (Å²) < 4.78 is 21.1. The molecule has 0 aromatic heterocycles. The second-order valence-corrected chi connectivity index (χ2v) is 1.60. The third-order valence-corrected chi connectivity index (χ3v) is 0.775. The largest absolute Gasteiger partial charge is 0.314 e. The molecule has 0 radical (unpaired) electrons. The van der Waals surface area contributed by atoms with E-state index in [1.807, 2.05) is 0 Å². The Morgan fingerprint density at radius 3 is 1.80 bits per heavy atom. The Labute approximate surface area is 33.4 Å². The van der Waals surface area contributed by atoms with E-state index < -0.39 is 10.5 Å². The highest BCUT2D eigenvalue weighted by Gasteiger charge is 1.47. The van der Waals surface area contributed by atoms with Crippen molar-refractivity contribution < 1.29 is 8.42 Å². The highest BCUT2D eigenvalue weighted by atomic mass is 32.2. The van der Waals surface area contributed by atoms with Gasteiger partial charge in [-0.3, -0.25) is 0 Å². The summed E-state index contributed by atoms with van der Waals surface area (Å²) in [7, 11) is -0.528. The first-order valence-electron chi connectivity index (χ1n) is 0.774. The summed E-state index contributed by atoms with van der Waals surface area (Å²) in [5.41, 5.74) is 0. The van der Waals surface area contributed by atoms with E-state index in [1.54, 1.807) is 9.39 Å². The topological polar surface area (TPSA) is 46.5 Å². The van der Waals surface area contributed by atoms with Crippen LogP contribution < -0.4 is 0 Å². The fourth-order valence-electron chi connectivity index (χ4n) is 0. The summed E-state index contributed by atoms with van der Waals surface area (Å²) in [4.78, 5) is 0. The first-order valence-corrected chi connectivity index (χ1v) is 2.32. The van der Waals surface area contributed by atoms with Crippen molar-refractivity contribution in [3.8, 4) is 0 Å². The molecule has 30 valence electrons. The Bertz CT molecular complexity index is 113. The smallest absolute Gasteiger partial charge is 0.164 e. The minimum Gasteiger partial charge on any atom is -0.164 e. The molecule has 5 heavy (non-hydrogen) atoms. The van der Waals surface area contributed by atoms with Crippen LogP contribution in [0.2, 0.25) is 0 Å². The molecular weight excluding hydrogens is 109 g/mol. The van der Waals surface area contributed by atoms with Gasteiger partial charge >= 0.3 is 10.5 Å². The molecule has 0 aromatic rings. The number of nitrogens with zero attached hydrogens (tertiary/aromatic N) is 1. The van der Waals surface area contributed by atoms with Gasteiger partial charge in [0.15, 0.2) is 0 Å². The molecule has 0 fully saturated rings. The summed E-state index contributed by atoms with van der Waals surface area (Å²) in [6.07, 6.45) is 0. The van der Waals surface area contributed by atoms with E-state index >= 15 is 0 Å². The normalized spacial score (nSPS) is 6.60. The molecule has 0 saturated heterocycles. The summed E-state index contributed by atoms with van der Waals surface area (Å²) in [5.74, 6) is 0. The lowest BCUT2D eigenvalue weighted by Gasteiger charge is -1.41. The molecule has 0 heterocycles. The molecule has 0 saturated carbocycles. The van der Waals surface area contributed by atoms with Crippen LogP contribution in [-0.4, -0.2) is 8.42 Å². The van der Waals surface area contributed by atoms with Crippen molar-refractivity contribution in [2.75, 3.05) is 0 Å². The first-order chi connectivity index (χ1) is 2.27. The van der Waals surface area contributed by atoms with Crippen LogP contribution in [-0.2, 0) is 10.5 Å². The van der Waals surface area contributed by atoms with E-state index in [-0.39, 0.29) is 0 Å². The van der Waals surface area contributed by atoms with E-state index in [0.717, 1.165) is 0 Å². The van der Waals surface area contributed by atoms with Crippen molar-refractivity contribution in [1.82, 2.24) is 0 Å². The third kappa shape index (κ3) is 4.05. The molecule has 0 aliphatic rings. The highest BCUT2D eigenvalue weighted by Crippen LogP contribution is 1.73. The summed E-state index contributed by atoms with van der Waals surface area (Å²) >= 11 is 0. The lowest BCUT2D eigenvalue weighted by atomic mass is 13.9. The second kappa shape index (κ2) is 2.30. The zero-order valence-corrected chi connectivity index (χ0v) is 4.22. The van der Waals surface area contributed by atoms with E-state index in [0.29, 0.717) is 0 Å². The SMILES string of the molecule is O=S(=O)=NP. The Kier molecular flexibility index (Phi) is 2.32. The average Bonchev–Trinajstić information content (AvgIpc) is 1.38. The molecule has 1 atom stereocenters. The quantitative estimate of drug-likeness (QED) is 0.408. The Morgan fingerprint density at radius 2 is 1.80 bits per heavy atom. The Balaban J connectivity index is 4.25. The van der Waals surface area contributed by atoms with Gasteiger partial charge < -0.3 is 0 Å². The van der Waals surface area contributed by atoms with Crippen molar-refractivity contribution >= 4 is 19.9 Å². The molecule has 0 bridgehead atoms. The predicted molar refractivity (Wildman–Crippen MR) is 21.1 cm³/mol. The molecule has 0 aliphatic heterocycles. The molecule has 0 aliphatic carbocycles. The van der Waals surface area contributed by atoms with Crippen LogP contribution in [0.3, 0.4) is 0 Å². The molecule has 0 amide bonds. The number of hydrogen-bond donors (Lipinski definition) is 0. The predicted octanol–water partition coefficient (Wildman–Crippen LogP) is -0.161. The second-order valence-electron chi connectivity index (χ2n) is 0.323. The van der Waals surface area contributed by atoms with Crippen molar-refractivity contribution in [2.45, 2.75) is 0 Å². The highest BCUT2D eigenvalue weighted by molar-refractivity contribution is 7.64. The summed E-state index contributed by atoms with van der Waals surface area (Å²) in [5, 5.41) is 0. The Hall–Kier alpha value is 0.0500. The molecular formula is H2NO2PS. The van der Waals surface area contributed by atoms with Crippen molar-refractivity contribution in [3.05, 3.63) is 0 Å². The van der Waals surface area contributed by atoms with Gasteiger partial charge in [-0.25, -0.2) is 0 Å². The fraction of sp³-hybridized carbons (Fsp3) is 0. The zero-order chi connectivity index (χ0) is 4.28. The lowest BCUT2D eigenvalue weighted by Crippen LogP contribution is -1.39. The van der Waals surface area contributed by atoms with Gasteiger partial charge in [0.25, 0.3) is 0 Å². The lowest BCUT2D eigenvalue weighted by molar-refractivity contribution is 0.623. The van der Waals surface area contributed by atoms with Crippen LogP contribution in [0, 0.1) is 0 Å². The maximum atomic E-state index is 9.18. The Morgan fingerprint density at radius 1 is 1.60 bits per heavy atom. The van der Waals surface area contributed by atoms with Crippen LogP contribution in [0.25, 0.3) is 0 Å². The molecule has 0 N–H and O–H groups in total. The van der Waals surface area contributed by atoms with Gasteiger partial charge in [0.2, 0.25) is 0 Å². The minimum atomic E-state index is -2.23. The van der Waals surface area contributed by atoms with Crippen molar-refractivity contribution in [1.29, 1.82) is 0 Å². The van der Waals surface area contributed by atoms with Gasteiger partial charge in [-0.1, -0.05) is 0 Å². The average molecular weight is 111 g/mol. The van der Waals surface area contributed by atoms with Crippen molar-refractivity contribution in [2.24, 2.45) is 4.13 Å². The molecule has 0 spiro atoms. The van der Waals surface area contributed by atoms with Gasteiger partial charge in [-0.15, -0.1) is 0 Å². The van der Waals surface area contributed by atoms with Gasteiger partial charge in [-0.2, -0.15) is 12.6 Å². The minimum absolute atomic E-state index is 1.71. The molecule has 0 rings (SSSR count). The van der Waals surface area contributed by atoms with E-state index in [1.165, 1.54) is 0 Å². The fourth-order valence-corrected chi connectivity index (χ4v) is 0. The van der Waals surface area contributed by atoms with Gasteiger partial charge in [0.05, 0.1) is 0 Å². The van der Waals surface area contributed by atoms with Gasteiger partial charge in [0, 0.05) is 9.39 Å². The molecule has 0 aromatic carbocycles. The van der Waals surface area contributed by atoms with Crippen molar-refractivity contribution in [3.63, 3.8) is 0 Å². The molecule has 5 heteroatoms. The van der Waals surface area contributed by atoms with Crippen LogP contribution in [0.4, 0.5) is 0 Å². The standard InChI is InChI=1S/H2NO2PS/c2-5(3)1-4/h4H2. The molecule has 3 nitrogen and oxygen atoms in total. The summed E-state index contributed by atoms with van der Waals surface area (Å²) in [6, 6.07) is 0. The maximum Gasteiger partial charge on any atom is 0.314 e. The van der Waals surface area contributed by atoms with Crippen LogP contribution in [0.1, 0.15) is 0 Å². The maximum absolute atomic E-state index is 9.18. The van der Waals surface area contributed by atoms with E-state index in [4.69, 9.17) is 0 Å². The molecule has 1 unspecified atom stereocenters. The van der Waals surface area contributed by atoms with Crippen LogP contribution in [0.5, 0.6) is 0 Å². The van der Waals surface area contributed by atoms with Gasteiger partial charge in [0.1, 0.15) is 0 Å². The zero-order valence-electron chi connectivity index (χ0n) is 2.25. The third-order valence-electron chi connectivity index (χ3n) is 0.0861. The first kappa shape index (κ1) is 5.05. The number of rotatable bonds is 0. The van der Waals surface area contributed by atoms with E-state index in [2.05, 4.69) is 4.13 Å². The van der Waals surface area contributed by atoms with E-state index in [9.17, 15) is 8.42 Å². The number of hydrogen-bond acceptors (Lipinski definition) is 3. The van der Waals surface area contributed by atoms with Crippen LogP contribution >= 0.6 is 9.39 Å². The summed E-state index contributed by atoms with van der Waals surface area (Å²) in [6.45, 7) is 0. The monoisotopic (exact) mass is 111 g/mol. The van der Waals surface area contributed by atoms with Gasteiger partial charge in [-0.05, 0) is 0 Å².